The fourth-order valence-corrected chi connectivity index (χ4v) is 2.89. The molecule has 0 aromatic heterocycles. The van der Waals surface area contributed by atoms with Crippen molar-refractivity contribution < 1.29 is 28.7 Å². The number of carbonyl (C=O) groups excluding carboxylic acids is 5. The molecule has 9 nitrogen and oxygen atoms in total. The molecule has 140 valence electrons. The third-order valence-corrected chi connectivity index (χ3v) is 4.27. The maximum Gasteiger partial charge on any atom is 0.338 e. The number of rotatable bonds is 5. The van der Waals surface area contributed by atoms with Gasteiger partial charge >= 0.3 is 12.0 Å². The minimum absolute atomic E-state index is 0.0286. The zero-order valence-electron chi connectivity index (χ0n) is 14.6. The Morgan fingerprint density at radius 3 is 2.59 bits per heavy atom. The molecule has 2 aliphatic heterocycles. The third kappa shape index (κ3) is 3.19. The van der Waals surface area contributed by atoms with Gasteiger partial charge in [-0.25, -0.2) is 9.59 Å². The number of fused-ring (bicyclic) bond motifs is 1. The second-order valence-corrected chi connectivity index (χ2v) is 6.04. The molecule has 9 heteroatoms. The SMILES string of the molecule is C=CCN1C(=O)c2ccc(C(=O)O[C@@H](C)C(=O)N3CCNC3=O)cc2C1=O. The average Bonchev–Trinajstić information content (AvgIpc) is 3.18. The quantitative estimate of drug-likeness (QED) is 0.460. The lowest BCUT2D eigenvalue weighted by Gasteiger charge is -2.18. The lowest BCUT2D eigenvalue weighted by atomic mass is 10.1. The first-order valence-corrected chi connectivity index (χ1v) is 8.26. The Labute approximate surface area is 154 Å². The predicted molar refractivity (Wildman–Crippen MR) is 92.0 cm³/mol. The van der Waals surface area contributed by atoms with E-state index in [9.17, 15) is 24.0 Å². The van der Waals surface area contributed by atoms with Crippen molar-refractivity contribution in [1.29, 1.82) is 0 Å². The molecule has 2 heterocycles. The first-order chi connectivity index (χ1) is 12.8. The molecule has 1 aromatic carbocycles. The monoisotopic (exact) mass is 371 g/mol. The lowest BCUT2D eigenvalue weighted by molar-refractivity contribution is -0.136. The summed E-state index contributed by atoms with van der Waals surface area (Å²) in [5.41, 5.74) is 0.311. The molecule has 0 bridgehead atoms. The Hall–Kier alpha value is -3.49. The molecule has 2 aliphatic rings. The van der Waals surface area contributed by atoms with E-state index in [1.165, 1.54) is 31.2 Å². The van der Waals surface area contributed by atoms with Crippen LogP contribution in [0.3, 0.4) is 0 Å². The molecule has 27 heavy (non-hydrogen) atoms. The van der Waals surface area contributed by atoms with Gasteiger partial charge in [0.1, 0.15) is 0 Å². The zero-order valence-corrected chi connectivity index (χ0v) is 14.6. The number of imide groups is 2. The summed E-state index contributed by atoms with van der Waals surface area (Å²) >= 11 is 0. The van der Waals surface area contributed by atoms with Crippen LogP contribution in [0.15, 0.2) is 30.9 Å². The van der Waals surface area contributed by atoms with Gasteiger partial charge in [0.15, 0.2) is 6.10 Å². The number of carbonyl (C=O) groups is 5. The maximum absolute atomic E-state index is 12.3. The van der Waals surface area contributed by atoms with Crippen molar-refractivity contribution in [3.63, 3.8) is 0 Å². The van der Waals surface area contributed by atoms with Gasteiger partial charge in [-0.1, -0.05) is 6.08 Å². The zero-order chi connectivity index (χ0) is 19.7. The van der Waals surface area contributed by atoms with Gasteiger partial charge in [-0.3, -0.25) is 24.2 Å². The molecule has 1 fully saturated rings. The summed E-state index contributed by atoms with van der Waals surface area (Å²) < 4.78 is 5.12. The van der Waals surface area contributed by atoms with Crippen LogP contribution >= 0.6 is 0 Å². The second-order valence-electron chi connectivity index (χ2n) is 6.04. The third-order valence-electron chi connectivity index (χ3n) is 4.27. The normalized spacial score (nSPS) is 16.9. The van der Waals surface area contributed by atoms with Crippen LogP contribution in [0.4, 0.5) is 4.79 Å². The van der Waals surface area contributed by atoms with Crippen LogP contribution in [0.2, 0.25) is 0 Å². The largest absolute Gasteiger partial charge is 0.449 e. The maximum atomic E-state index is 12.3. The van der Waals surface area contributed by atoms with Crippen LogP contribution in [-0.2, 0) is 9.53 Å². The van der Waals surface area contributed by atoms with Gasteiger partial charge in [-0.05, 0) is 25.1 Å². The minimum atomic E-state index is -1.18. The molecule has 5 amide bonds. The fraction of sp³-hybridized carbons (Fsp3) is 0.278. The number of amides is 5. The molecule has 0 saturated carbocycles. The van der Waals surface area contributed by atoms with Crippen molar-refractivity contribution in [3.8, 4) is 0 Å². The molecule has 1 N–H and O–H groups in total. The van der Waals surface area contributed by atoms with Crippen molar-refractivity contribution >= 4 is 29.7 Å². The number of hydrogen-bond acceptors (Lipinski definition) is 6. The van der Waals surface area contributed by atoms with E-state index in [-0.39, 0.29) is 29.8 Å². The molecular formula is C18H17N3O6. The van der Waals surface area contributed by atoms with Gasteiger partial charge in [-0.15, -0.1) is 6.58 Å². The van der Waals surface area contributed by atoms with Crippen LogP contribution in [-0.4, -0.2) is 65.3 Å². The number of ether oxygens (including phenoxy) is 1. The van der Waals surface area contributed by atoms with E-state index in [0.717, 1.165) is 9.80 Å². The van der Waals surface area contributed by atoms with Gasteiger partial charge in [0.05, 0.1) is 16.7 Å². The number of benzene rings is 1. The smallest absolute Gasteiger partial charge is 0.338 e. The van der Waals surface area contributed by atoms with Crippen LogP contribution in [0.5, 0.6) is 0 Å². The highest BCUT2D eigenvalue weighted by Crippen LogP contribution is 2.24. The van der Waals surface area contributed by atoms with Gasteiger partial charge in [0.25, 0.3) is 17.7 Å². The highest BCUT2D eigenvalue weighted by molar-refractivity contribution is 6.22. The van der Waals surface area contributed by atoms with Crippen molar-refractivity contribution in [2.75, 3.05) is 19.6 Å². The van der Waals surface area contributed by atoms with E-state index < -0.39 is 35.8 Å². The number of hydrogen-bond donors (Lipinski definition) is 1. The average molecular weight is 371 g/mol. The van der Waals surface area contributed by atoms with E-state index in [0.29, 0.717) is 6.54 Å². The van der Waals surface area contributed by atoms with Gasteiger partial charge in [0, 0.05) is 19.6 Å². The van der Waals surface area contributed by atoms with Gasteiger partial charge < -0.3 is 10.1 Å². The van der Waals surface area contributed by atoms with Crippen LogP contribution < -0.4 is 5.32 Å². The van der Waals surface area contributed by atoms with Crippen LogP contribution in [0.1, 0.15) is 38.0 Å². The molecule has 0 spiro atoms. The Morgan fingerprint density at radius 1 is 1.26 bits per heavy atom. The molecule has 0 unspecified atom stereocenters. The Kier molecular flexibility index (Phi) is 4.76. The Bertz CT molecular complexity index is 878. The lowest BCUT2D eigenvalue weighted by Crippen LogP contribution is -2.41. The van der Waals surface area contributed by atoms with Crippen molar-refractivity contribution in [3.05, 3.63) is 47.5 Å². The molecular weight excluding hydrogens is 354 g/mol. The Morgan fingerprint density at radius 2 is 1.96 bits per heavy atom. The number of nitrogens with zero attached hydrogens (tertiary/aromatic N) is 2. The van der Waals surface area contributed by atoms with Crippen molar-refractivity contribution in [2.45, 2.75) is 13.0 Å². The summed E-state index contributed by atoms with van der Waals surface area (Å²) in [7, 11) is 0. The first-order valence-electron chi connectivity index (χ1n) is 8.26. The van der Waals surface area contributed by atoms with Crippen molar-refractivity contribution in [2.24, 2.45) is 0 Å². The summed E-state index contributed by atoms with van der Waals surface area (Å²) in [4.78, 5) is 62.5. The number of esters is 1. The summed E-state index contributed by atoms with van der Waals surface area (Å²) in [6.45, 7) is 5.47. The molecule has 1 saturated heterocycles. The topological polar surface area (TPSA) is 113 Å². The Balaban J connectivity index is 1.74. The molecule has 3 rings (SSSR count). The van der Waals surface area contributed by atoms with Crippen LogP contribution in [0.25, 0.3) is 0 Å². The van der Waals surface area contributed by atoms with E-state index in [4.69, 9.17) is 4.74 Å². The fourth-order valence-electron chi connectivity index (χ4n) is 2.89. The summed E-state index contributed by atoms with van der Waals surface area (Å²) in [6, 6.07) is 3.45. The molecule has 1 atom stereocenters. The second kappa shape index (κ2) is 7.02. The van der Waals surface area contributed by atoms with E-state index in [1.54, 1.807) is 0 Å². The molecule has 1 aromatic rings. The number of urea groups is 1. The highest BCUT2D eigenvalue weighted by atomic mass is 16.5. The minimum Gasteiger partial charge on any atom is -0.449 e. The van der Waals surface area contributed by atoms with E-state index in [1.807, 2.05) is 0 Å². The van der Waals surface area contributed by atoms with E-state index in [2.05, 4.69) is 11.9 Å². The molecule has 0 aliphatic carbocycles. The number of nitrogens with one attached hydrogen (secondary N) is 1. The molecule has 0 radical (unpaired) electrons. The predicted octanol–water partition coefficient (Wildman–Crippen LogP) is 0.566. The highest BCUT2D eigenvalue weighted by Gasteiger charge is 2.36. The summed E-state index contributed by atoms with van der Waals surface area (Å²) in [5, 5.41) is 2.49. The van der Waals surface area contributed by atoms with Gasteiger partial charge in [-0.2, -0.15) is 0 Å². The standard InChI is InChI=1S/C18H17N3O6/c1-3-7-20-15(23)12-5-4-11(9-13(12)16(20)24)17(25)27-10(2)14(22)21-8-6-19-18(21)26/h3-5,9-10H,1,6-8H2,2H3,(H,19,26)/t10-/m0/s1. The van der Waals surface area contributed by atoms with Crippen molar-refractivity contribution in [1.82, 2.24) is 15.1 Å². The van der Waals surface area contributed by atoms with Crippen LogP contribution in [0, 0.1) is 0 Å². The first kappa shape index (κ1) is 18.3. The van der Waals surface area contributed by atoms with E-state index >= 15 is 0 Å². The van der Waals surface area contributed by atoms with Gasteiger partial charge in [0.2, 0.25) is 0 Å². The summed E-state index contributed by atoms with van der Waals surface area (Å²) in [5.74, 6) is -2.45. The summed E-state index contributed by atoms with van der Waals surface area (Å²) in [6.07, 6.45) is 0.253.